The molecule has 0 saturated heterocycles. The minimum absolute atomic E-state index is 0.715. The fourth-order valence-electron chi connectivity index (χ4n) is 2.09. The number of nitrogens with one attached hydrogen (secondary N) is 1. The molecule has 16 heavy (non-hydrogen) atoms. The Kier molecular flexibility index (Phi) is 3.97. The van der Waals surface area contributed by atoms with E-state index in [4.69, 9.17) is 0 Å². The highest BCUT2D eigenvalue weighted by Gasteiger charge is 2.37. The molecule has 0 aromatic heterocycles. The average molecular weight is 218 g/mol. The molecule has 2 heteroatoms. The normalized spacial score (nSPS) is 23.7. The van der Waals surface area contributed by atoms with Crippen molar-refractivity contribution in [3.05, 3.63) is 35.9 Å². The molecule has 1 aliphatic carbocycles. The van der Waals surface area contributed by atoms with Crippen LogP contribution in [-0.4, -0.2) is 37.6 Å². The Morgan fingerprint density at radius 3 is 2.75 bits per heavy atom. The second kappa shape index (κ2) is 5.46. The maximum atomic E-state index is 3.63. The van der Waals surface area contributed by atoms with Gasteiger partial charge in [0.15, 0.2) is 0 Å². The summed E-state index contributed by atoms with van der Waals surface area (Å²) in [6, 6.07) is 11.6. The summed E-state index contributed by atoms with van der Waals surface area (Å²) in [5.74, 6) is 0.758. The van der Waals surface area contributed by atoms with Crippen LogP contribution in [-0.2, 0) is 0 Å². The highest BCUT2D eigenvalue weighted by atomic mass is 15.1. The van der Waals surface area contributed by atoms with Crippen molar-refractivity contribution < 1.29 is 0 Å². The molecule has 88 valence electrons. The lowest BCUT2D eigenvalue weighted by Crippen LogP contribution is -2.30. The van der Waals surface area contributed by atoms with Crippen LogP contribution in [0, 0.1) is 0 Å². The van der Waals surface area contributed by atoms with E-state index in [0.29, 0.717) is 6.04 Å². The van der Waals surface area contributed by atoms with Crippen molar-refractivity contribution in [1.29, 1.82) is 0 Å². The van der Waals surface area contributed by atoms with Crippen LogP contribution in [0.25, 0.3) is 0 Å². The number of hydrogen-bond donors (Lipinski definition) is 1. The van der Waals surface area contributed by atoms with Crippen molar-refractivity contribution in [3.8, 4) is 0 Å². The lowest BCUT2D eigenvalue weighted by Gasteiger charge is -2.13. The molecule has 0 radical (unpaired) electrons. The zero-order valence-electron chi connectivity index (χ0n) is 10.3. The molecule has 1 N–H and O–H groups in total. The molecule has 0 heterocycles. The Hall–Kier alpha value is -0.860. The van der Waals surface area contributed by atoms with Crippen molar-refractivity contribution in [2.45, 2.75) is 25.3 Å². The Bertz CT molecular complexity index is 310. The van der Waals surface area contributed by atoms with Crippen molar-refractivity contribution >= 4 is 0 Å². The second-order valence-corrected chi connectivity index (χ2v) is 4.71. The first-order valence-corrected chi connectivity index (χ1v) is 6.28. The van der Waals surface area contributed by atoms with Crippen LogP contribution in [0.15, 0.2) is 30.3 Å². The van der Waals surface area contributed by atoms with E-state index in [-0.39, 0.29) is 0 Å². The zero-order valence-corrected chi connectivity index (χ0v) is 10.3. The summed E-state index contributed by atoms with van der Waals surface area (Å²) in [5, 5.41) is 3.63. The summed E-state index contributed by atoms with van der Waals surface area (Å²) >= 11 is 0. The number of benzene rings is 1. The van der Waals surface area contributed by atoms with Gasteiger partial charge in [0.1, 0.15) is 0 Å². The Labute approximate surface area is 98.7 Å². The summed E-state index contributed by atoms with van der Waals surface area (Å²) in [7, 11) is 2.17. The van der Waals surface area contributed by atoms with E-state index in [0.717, 1.165) is 25.6 Å². The fraction of sp³-hybridized carbons (Fsp3) is 0.571. The third-order valence-electron chi connectivity index (χ3n) is 3.46. The Balaban J connectivity index is 1.68. The van der Waals surface area contributed by atoms with E-state index in [2.05, 4.69) is 54.5 Å². The van der Waals surface area contributed by atoms with Gasteiger partial charge in [0, 0.05) is 25.0 Å². The zero-order chi connectivity index (χ0) is 11.4. The number of rotatable bonds is 6. The highest BCUT2D eigenvalue weighted by molar-refractivity contribution is 5.27. The molecule has 0 bridgehead atoms. The van der Waals surface area contributed by atoms with E-state index in [1.165, 1.54) is 12.0 Å². The van der Waals surface area contributed by atoms with Gasteiger partial charge >= 0.3 is 0 Å². The Morgan fingerprint density at radius 1 is 1.31 bits per heavy atom. The third kappa shape index (κ3) is 3.06. The number of hydrogen-bond acceptors (Lipinski definition) is 2. The second-order valence-electron chi connectivity index (χ2n) is 4.71. The standard InChI is InChI=1S/C14H22N2/c1-3-16(2)10-9-15-14-11-13(14)12-7-5-4-6-8-12/h4-8,13-15H,3,9-11H2,1-2H3. The minimum atomic E-state index is 0.715. The van der Waals surface area contributed by atoms with Gasteiger partial charge in [-0.1, -0.05) is 37.3 Å². The molecule has 1 aliphatic rings. The maximum absolute atomic E-state index is 3.63. The smallest absolute Gasteiger partial charge is 0.0143 e. The van der Waals surface area contributed by atoms with Gasteiger partial charge < -0.3 is 10.2 Å². The van der Waals surface area contributed by atoms with Gasteiger partial charge in [-0.05, 0) is 25.6 Å². The van der Waals surface area contributed by atoms with Gasteiger partial charge in [0.25, 0.3) is 0 Å². The van der Waals surface area contributed by atoms with E-state index < -0.39 is 0 Å². The molecule has 1 aromatic carbocycles. The van der Waals surface area contributed by atoms with E-state index in [9.17, 15) is 0 Å². The molecule has 2 atom stereocenters. The molecule has 1 saturated carbocycles. The first-order valence-electron chi connectivity index (χ1n) is 6.28. The largest absolute Gasteiger partial charge is 0.312 e. The molecule has 0 spiro atoms. The van der Waals surface area contributed by atoms with Crippen LogP contribution in [0.4, 0.5) is 0 Å². The van der Waals surface area contributed by atoms with Crippen LogP contribution in [0.1, 0.15) is 24.8 Å². The molecule has 2 rings (SSSR count). The van der Waals surface area contributed by atoms with Crippen LogP contribution >= 0.6 is 0 Å². The van der Waals surface area contributed by atoms with Crippen molar-refractivity contribution in [1.82, 2.24) is 10.2 Å². The molecule has 1 fully saturated rings. The minimum Gasteiger partial charge on any atom is -0.312 e. The summed E-state index contributed by atoms with van der Waals surface area (Å²) in [4.78, 5) is 2.34. The lowest BCUT2D eigenvalue weighted by molar-refractivity contribution is 0.348. The quantitative estimate of drug-likeness (QED) is 0.786. The lowest BCUT2D eigenvalue weighted by atomic mass is 10.1. The van der Waals surface area contributed by atoms with Crippen LogP contribution in [0.2, 0.25) is 0 Å². The monoisotopic (exact) mass is 218 g/mol. The summed E-state index contributed by atoms with van der Waals surface area (Å²) in [6.07, 6.45) is 1.31. The molecule has 2 nitrogen and oxygen atoms in total. The Morgan fingerprint density at radius 2 is 2.06 bits per heavy atom. The van der Waals surface area contributed by atoms with Crippen molar-refractivity contribution in [2.24, 2.45) is 0 Å². The van der Waals surface area contributed by atoms with Crippen molar-refractivity contribution in [2.75, 3.05) is 26.7 Å². The van der Waals surface area contributed by atoms with E-state index in [1.807, 2.05) is 0 Å². The average Bonchev–Trinajstić information content (AvgIpc) is 3.09. The van der Waals surface area contributed by atoms with Gasteiger partial charge in [0.05, 0.1) is 0 Å². The summed E-state index contributed by atoms with van der Waals surface area (Å²) in [5.41, 5.74) is 1.49. The first-order chi connectivity index (χ1) is 7.81. The molecular weight excluding hydrogens is 196 g/mol. The van der Waals surface area contributed by atoms with Gasteiger partial charge in [-0.25, -0.2) is 0 Å². The van der Waals surface area contributed by atoms with Gasteiger partial charge in [0.2, 0.25) is 0 Å². The van der Waals surface area contributed by atoms with Gasteiger partial charge in [-0.2, -0.15) is 0 Å². The predicted octanol–water partition coefficient (Wildman–Crippen LogP) is 2.08. The molecule has 0 aliphatic heterocycles. The highest BCUT2D eigenvalue weighted by Crippen LogP contribution is 2.40. The SMILES string of the molecule is CCN(C)CCNC1CC1c1ccccc1. The van der Waals surface area contributed by atoms with Crippen LogP contribution in [0.5, 0.6) is 0 Å². The molecule has 1 aromatic rings. The summed E-state index contributed by atoms with van der Waals surface area (Å²) < 4.78 is 0. The van der Waals surface area contributed by atoms with Crippen molar-refractivity contribution in [3.63, 3.8) is 0 Å². The van der Waals surface area contributed by atoms with Crippen LogP contribution in [0.3, 0.4) is 0 Å². The molecular formula is C14H22N2. The van der Waals surface area contributed by atoms with Crippen LogP contribution < -0.4 is 5.32 Å². The first kappa shape index (κ1) is 11.6. The number of nitrogens with zero attached hydrogens (tertiary/aromatic N) is 1. The molecule has 0 amide bonds. The topological polar surface area (TPSA) is 15.3 Å². The maximum Gasteiger partial charge on any atom is 0.0143 e. The predicted molar refractivity (Wildman–Crippen MR) is 68.8 cm³/mol. The van der Waals surface area contributed by atoms with E-state index >= 15 is 0 Å². The molecule has 2 unspecified atom stereocenters. The van der Waals surface area contributed by atoms with Gasteiger partial charge in [-0.3, -0.25) is 0 Å². The fourth-order valence-corrected chi connectivity index (χ4v) is 2.09. The van der Waals surface area contributed by atoms with Gasteiger partial charge in [-0.15, -0.1) is 0 Å². The third-order valence-corrected chi connectivity index (χ3v) is 3.46. The summed E-state index contributed by atoms with van der Waals surface area (Å²) in [6.45, 7) is 5.59. The van der Waals surface area contributed by atoms with E-state index in [1.54, 1.807) is 0 Å². The number of likely N-dealkylation sites (N-methyl/N-ethyl adjacent to an activating group) is 1.